The predicted octanol–water partition coefficient (Wildman–Crippen LogP) is 0.658. The van der Waals surface area contributed by atoms with Crippen molar-refractivity contribution in [2.24, 2.45) is 5.92 Å². The van der Waals surface area contributed by atoms with Crippen molar-refractivity contribution in [2.75, 3.05) is 32.4 Å². The number of nitrogens with one attached hydrogen (secondary N) is 1. The molecule has 90 valence electrons. The second-order valence-corrected chi connectivity index (χ2v) is 6.41. The molecule has 0 aliphatic carbocycles. The molecule has 0 aromatic carbocycles. The summed E-state index contributed by atoms with van der Waals surface area (Å²) in [5, 5.41) is 3.29. The molecule has 1 aliphatic heterocycles. The van der Waals surface area contributed by atoms with Crippen LogP contribution >= 0.6 is 0 Å². The van der Waals surface area contributed by atoms with E-state index in [2.05, 4.69) is 5.32 Å². The Morgan fingerprint density at radius 2 is 1.93 bits per heavy atom. The molecule has 0 radical (unpaired) electrons. The van der Waals surface area contributed by atoms with Gasteiger partial charge in [-0.3, -0.25) is 0 Å². The van der Waals surface area contributed by atoms with Gasteiger partial charge in [0.25, 0.3) is 0 Å². The van der Waals surface area contributed by atoms with Gasteiger partial charge in [-0.1, -0.05) is 6.92 Å². The largest absolute Gasteiger partial charge is 0.317 e. The molecule has 1 N–H and O–H groups in total. The minimum Gasteiger partial charge on any atom is -0.317 e. The molecule has 0 saturated carbocycles. The molecule has 1 rings (SSSR count). The summed E-state index contributed by atoms with van der Waals surface area (Å²) in [6.45, 7) is 4.50. The molecule has 5 heteroatoms. The molecule has 1 heterocycles. The fraction of sp³-hybridized carbons (Fsp3) is 1.00. The number of piperidine rings is 1. The molecule has 0 bridgehead atoms. The van der Waals surface area contributed by atoms with Gasteiger partial charge in [0.1, 0.15) is 0 Å². The number of hydrogen-bond acceptors (Lipinski definition) is 3. The van der Waals surface area contributed by atoms with E-state index in [1.54, 1.807) is 7.05 Å². The summed E-state index contributed by atoms with van der Waals surface area (Å²) >= 11 is 0. The highest BCUT2D eigenvalue weighted by Crippen LogP contribution is 2.17. The van der Waals surface area contributed by atoms with Crippen molar-refractivity contribution in [2.45, 2.75) is 26.2 Å². The Kier molecular flexibility index (Phi) is 5.02. The van der Waals surface area contributed by atoms with E-state index in [4.69, 9.17) is 0 Å². The van der Waals surface area contributed by atoms with Crippen molar-refractivity contribution in [3.63, 3.8) is 0 Å². The first-order chi connectivity index (χ1) is 7.06. The highest BCUT2D eigenvalue weighted by molar-refractivity contribution is 7.89. The summed E-state index contributed by atoms with van der Waals surface area (Å²) in [6.07, 6.45) is 3.05. The van der Waals surface area contributed by atoms with E-state index in [1.165, 1.54) is 4.31 Å². The summed E-state index contributed by atoms with van der Waals surface area (Å²) in [4.78, 5) is 0. The van der Waals surface area contributed by atoms with Crippen LogP contribution in [0.15, 0.2) is 0 Å². The molecule has 0 amide bonds. The number of nitrogens with zero attached hydrogens (tertiary/aromatic N) is 1. The lowest BCUT2D eigenvalue weighted by molar-refractivity contribution is 0.362. The van der Waals surface area contributed by atoms with Crippen molar-refractivity contribution in [3.05, 3.63) is 0 Å². The second-order valence-electron chi connectivity index (χ2n) is 4.21. The third-order valence-electron chi connectivity index (χ3n) is 3.16. The normalized spacial score (nSPS) is 19.7. The Bertz CT molecular complexity index is 271. The highest BCUT2D eigenvalue weighted by atomic mass is 32.2. The van der Waals surface area contributed by atoms with E-state index < -0.39 is 10.0 Å². The standard InChI is InChI=1S/C10H22N2O2S/c1-3-12(2)15(13,14)9-6-10-4-7-11-8-5-10/h10-11H,3-9H2,1-2H3. The van der Waals surface area contributed by atoms with Crippen LogP contribution in [0.4, 0.5) is 0 Å². The fourth-order valence-electron chi connectivity index (χ4n) is 1.84. The Balaban J connectivity index is 2.35. The molecule has 15 heavy (non-hydrogen) atoms. The SMILES string of the molecule is CCN(C)S(=O)(=O)CCC1CCNCC1. The molecular formula is C10H22N2O2S. The lowest BCUT2D eigenvalue weighted by atomic mass is 9.96. The first kappa shape index (κ1) is 12.9. The van der Waals surface area contributed by atoms with E-state index in [1.807, 2.05) is 6.92 Å². The lowest BCUT2D eigenvalue weighted by Crippen LogP contribution is -2.32. The van der Waals surface area contributed by atoms with Crippen molar-refractivity contribution in [1.29, 1.82) is 0 Å². The predicted molar refractivity (Wildman–Crippen MR) is 62.3 cm³/mol. The van der Waals surface area contributed by atoms with Gasteiger partial charge in [0.2, 0.25) is 10.0 Å². The van der Waals surface area contributed by atoms with E-state index in [0.29, 0.717) is 18.2 Å². The van der Waals surface area contributed by atoms with Gasteiger partial charge in [-0.15, -0.1) is 0 Å². The van der Waals surface area contributed by atoms with Gasteiger partial charge in [0, 0.05) is 13.6 Å². The highest BCUT2D eigenvalue weighted by Gasteiger charge is 2.20. The van der Waals surface area contributed by atoms with E-state index in [-0.39, 0.29) is 0 Å². The van der Waals surface area contributed by atoms with Crippen LogP contribution in [0.25, 0.3) is 0 Å². The summed E-state index contributed by atoms with van der Waals surface area (Å²) in [7, 11) is -1.35. The van der Waals surface area contributed by atoms with E-state index >= 15 is 0 Å². The molecule has 1 fully saturated rings. The van der Waals surface area contributed by atoms with Crippen LogP contribution < -0.4 is 5.32 Å². The smallest absolute Gasteiger partial charge is 0.213 e. The van der Waals surface area contributed by atoms with Crippen LogP contribution in [0.3, 0.4) is 0 Å². The maximum Gasteiger partial charge on any atom is 0.213 e. The van der Waals surface area contributed by atoms with Crippen LogP contribution in [0.5, 0.6) is 0 Å². The number of sulfonamides is 1. The van der Waals surface area contributed by atoms with Crippen LogP contribution in [0, 0.1) is 5.92 Å². The molecule has 0 aromatic rings. The van der Waals surface area contributed by atoms with Crippen LogP contribution in [-0.2, 0) is 10.0 Å². The van der Waals surface area contributed by atoms with Crippen molar-refractivity contribution < 1.29 is 8.42 Å². The zero-order valence-corrected chi connectivity index (χ0v) is 10.5. The summed E-state index contributed by atoms with van der Waals surface area (Å²) in [5.74, 6) is 0.897. The Morgan fingerprint density at radius 1 is 1.33 bits per heavy atom. The summed E-state index contributed by atoms with van der Waals surface area (Å²) in [6, 6.07) is 0. The zero-order valence-electron chi connectivity index (χ0n) is 9.70. The summed E-state index contributed by atoms with van der Waals surface area (Å²) in [5.41, 5.74) is 0. The first-order valence-electron chi connectivity index (χ1n) is 5.71. The average molecular weight is 234 g/mol. The van der Waals surface area contributed by atoms with Gasteiger partial charge < -0.3 is 5.32 Å². The second kappa shape index (κ2) is 5.82. The average Bonchev–Trinajstić information content (AvgIpc) is 2.27. The third-order valence-corrected chi connectivity index (χ3v) is 5.12. The van der Waals surface area contributed by atoms with Crippen molar-refractivity contribution >= 4 is 10.0 Å². The maximum absolute atomic E-state index is 11.7. The Labute approximate surface area is 93.1 Å². The zero-order chi connectivity index (χ0) is 11.3. The molecule has 0 atom stereocenters. The first-order valence-corrected chi connectivity index (χ1v) is 7.32. The third kappa shape index (κ3) is 4.09. The number of hydrogen-bond donors (Lipinski definition) is 1. The molecule has 4 nitrogen and oxygen atoms in total. The molecule has 0 spiro atoms. The minimum atomic E-state index is -3.00. The van der Waals surface area contributed by atoms with Gasteiger partial charge in [-0.25, -0.2) is 12.7 Å². The van der Waals surface area contributed by atoms with E-state index in [9.17, 15) is 8.42 Å². The Morgan fingerprint density at radius 3 is 2.47 bits per heavy atom. The van der Waals surface area contributed by atoms with Gasteiger partial charge in [-0.2, -0.15) is 0 Å². The Hall–Kier alpha value is -0.130. The van der Waals surface area contributed by atoms with Gasteiger partial charge >= 0.3 is 0 Å². The van der Waals surface area contributed by atoms with Crippen LogP contribution in [0.2, 0.25) is 0 Å². The van der Waals surface area contributed by atoms with Crippen molar-refractivity contribution in [3.8, 4) is 0 Å². The summed E-state index contributed by atoms with van der Waals surface area (Å²) < 4.78 is 24.9. The molecule has 1 saturated heterocycles. The monoisotopic (exact) mass is 234 g/mol. The van der Waals surface area contributed by atoms with Crippen molar-refractivity contribution in [1.82, 2.24) is 9.62 Å². The van der Waals surface area contributed by atoms with Gasteiger partial charge in [0.05, 0.1) is 5.75 Å². The van der Waals surface area contributed by atoms with Crippen LogP contribution in [0.1, 0.15) is 26.2 Å². The maximum atomic E-state index is 11.7. The van der Waals surface area contributed by atoms with Gasteiger partial charge in [0.15, 0.2) is 0 Å². The quantitative estimate of drug-likeness (QED) is 0.760. The van der Waals surface area contributed by atoms with Crippen LogP contribution in [-0.4, -0.2) is 45.2 Å². The topological polar surface area (TPSA) is 49.4 Å². The van der Waals surface area contributed by atoms with Gasteiger partial charge in [-0.05, 0) is 38.3 Å². The molecule has 0 aromatic heterocycles. The minimum absolute atomic E-state index is 0.308. The molecule has 0 unspecified atom stereocenters. The molecule has 1 aliphatic rings. The lowest BCUT2D eigenvalue weighted by Gasteiger charge is -2.23. The van der Waals surface area contributed by atoms with E-state index in [0.717, 1.165) is 32.4 Å². The number of rotatable bonds is 5. The molecular weight excluding hydrogens is 212 g/mol. The fourth-order valence-corrected chi connectivity index (χ4v) is 3.17.